The second kappa shape index (κ2) is 12.5. The van der Waals surface area contributed by atoms with Gasteiger partial charge in [-0.2, -0.15) is 0 Å². The molecule has 4 rings (SSSR count). The summed E-state index contributed by atoms with van der Waals surface area (Å²) >= 11 is 6.72. The van der Waals surface area contributed by atoms with Crippen molar-refractivity contribution in [1.82, 2.24) is 10.3 Å². The van der Waals surface area contributed by atoms with Crippen LogP contribution < -0.4 is 11.1 Å². The van der Waals surface area contributed by atoms with Gasteiger partial charge in [0.1, 0.15) is 6.20 Å². The number of benzene rings is 2. The Kier molecular flexibility index (Phi) is 9.42. The maximum Gasteiger partial charge on any atom is 0.304 e. The molecule has 13 heteroatoms. The molecule has 0 radical (unpaired) electrons. The fourth-order valence-electron chi connectivity index (χ4n) is 4.07. The van der Waals surface area contributed by atoms with E-state index in [1.54, 1.807) is 18.2 Å². The SMILES string of the molecule is NC1=Nc2cccc(CCCO)c2C(Cl)(NCCCO)C1[N+](=O)[O-].O=[N+]([O-])c1cnc2ccccc2c1. The fraction of sp³-hybridized carbons (Fsp3) is 0.333. The molecule has 1 aliphatic rings. The first-order chi connectivity index (χ1) is 17.7. The lowest BCUT2D eigenvalue weighted by molar-refractivity contribution is -0.512. The maximum atomic E-state index is 11.6. The van der Waals surface area contributed by atoms with Gasteiger partial charge in [0, 0.05) is 35.2 Å². The minimum absolute atomic E-state index is 0.000958. The number of pyridine rings is 1. The number of aromatic nitrogens is 1. The molecule has 1 aliphatic heterocycles. The van der Waals surface area contributed by atoms with Crippen molar-refractivity contribution in [2.75, 3.05) is 19.8 Å². The number of amidine groups is 1. The molecule has 2 heterocycles. The van der Waals surface area contributed by atoms with Crippen LogP contribution in [-0.2, 0) is 11.4 Å². The third-order valence-electron chi connectivity index (χ3n) is 5.72. The molecule has 1 aromatic heterocycles. The van der Waals surface area contributed by atoms with Gasteiger partial charge in [-0.1, -0.05) is 41.9 Å². The summed E-state index contributed by atoms with van der Waals surface area (Å²) in [5.41, 5.74) is 8.38. The van der Waals surface area contributed by atoms with Crippen LogP contribution in [0.15, 0.2) is 59.7 Å². The number of nitrogens with one attached hydrogen (secondary N) is 1. The van der Waals surface area contributed by atoms with Crippen LogP contribution in [0.5, 0.6) is 0 Å². The minimum Gasteiger partial charge on any atom is -0.396 e. The predicted octanol–water partition coefficient (Wildman–Crippen LogP) is 2.77. The van der Waals surface area contributed by atoms with Crippen molar-refractivity contribution in [3.8, 4) is 0 Å². The highest BCUT2D eigenvalue weighted by Crippen LogP contribution is 2.43. The summed E-state index contributed by atoms with van der Waals surface area (Å²) in [6.45, 7) is 0.220. The number of aliphatic hydroxyl groups excluding tert-OH is 2. The van der Waals surface area contributed by atoms with E-state index >= 15 is 0 Å². The number of fused-ring (bicyclic) bond motifs is 2. The Bertz CT molecular complexity index is 1310. The highest BCUT2D eigenvalue weighted by atomic mass is 35.5. The third-order valence-corrected chi connectivity index (χ3v) is 6.25. The Balaban J connectivity index is 0.000000244. The van der Waals surface area contributed by atoms with E-state index < -0.39 is 20.9 Å². The maximum absolute atomic E-state index is 11.6. The van der Waals surface area contributed by atoms with Gasteiger partial charge in [0.15, 0.2) is 10.8 Å². The molecule has 3 aromatic rings. The molecule has 12 nitrogen and oxygen atoms in total. The number of hydrogen-bond donors (Lipinski definition) is 4. The first-order valence-corrected chi connectivity index (χ1v) is 11.9. The number of para-hydroxylation sites is 1. The molecule has 196 valence electrons. The van der Waals surface area contributed by atoms with E-state index in [9.17, 15) is 20.2 Å². The van der Waals surface area contributed by atoms with Gasteiger partial charge in [-0.3, -0.25) is 25.5 Å². The average Bonchev–Trinajstić information content (AvgIpc) is 2.87. The number of aliphatic hydroxyl groups is 2. The average molecular weight is 531 g/mol. The summed E-state index contributed by atoms with van der Waals surface area (Å²) in [4.78, 5) is 27.5. The number of aryl methyl sites for hydroxylation is 1. The van der Waals surface area contributed by atoms with Gasteiger partial charge in [-0.25, -0.2) is 9.98 Å². The van der Waals surface area contributed by atoms with Crippen LogP contribution in [0, 0.1) is 20.2 Å². The molecule has 0 bridgehead atoms. The lowest BCUT2D eigenvalue weighted by atomic mass is 9.87. The topological polar surface area (TPSA) is 190 Å². The standard InChI is InChI=1S/C15H21ClN4O4.C9H6N2O2/c16-15(18-7-3-9-22)12-10(5-2-8-21)4-1-6-11(12)19-14(17)13(15)20(23)24;12-11(13)8-5-7-3-1-2-4-9(7)10-6-8/h1,4,6,13,18,21-22H,2-3,5,7-9H2,(H2,17,19);1-6H. The summed E-state index contributed by atoms with van der Waals surface area (Å²) in [7, 11) is 0. The molecule has 2 aromatic carbocycles. The van der Waals surface area contributed by atoms with Gasteiger partial charge in [-0.15, -0.1) is 0 Å². The molecule has 0 fully saturated rings. The lowest BCUT2D eigenvalue weighted by Gasteiger charge is -2.36. The van der Waals surface area contributed by atoms with Crippen LogP contribution in [0.2, 0.25) is 0 Å². The second-order valence-corrected chi connectivity index (χ2v) is 8.82. The Labute approximate surface area is 217 Å². The van der Waals surface area contributed by atoms with E-state index in [4.69, 9.17) is 27.5 Å². The lowest BCUT2D eigenvalue weighted by Crippen LogP contribution is -2.58. The van der Waals surface area contributed by atoms with Crippen LogP contribution in [-0.4, -0.2) is 56.7 Å². The van der Waals surface area contributed by atoms with Crippen molar-refractivity contribution in [3.05, 3.63) is 86.1 Å². The van der Waals surface area contributed by atoms with Crippen LogP contribution in [0.4, 0.5) is 11.4 Å². The number of aliphatic imine (C=N–C) groups is 1. The first-order valence-electron chi connectivity index (χ1n) is 11.5. The first kappa shape index (κ1) is 27.9. The van der Waals surface area contributed by atoms with Crippen molar-refractivity contribution in [2.24, 2.45) is 10.7 Å². The number of nitro groups is 2. The third kappa shape index (κ3) is 6.35. The fourth-order valence-corrected chi connectivity index (χ4v) is 4.57. The highest BCUT2D eigenvalue weighted by Gasteiger charge is 2.54. The monoisotopic (exact) mass is 530 g/mol. The van der Waals surface area contributed by atoms with Gasteiger partial charge in [0.05, 0.1) is 16.1 Å². The number of nitrogens with two attached hydrogens (primary N) is 1. The van der Waals surface area contributed by atoms with Crippen molar-refractivity contribution in [3.63, 3.8) is 0 Å². The number of halogens is 1. The number of nitrogens with zero attached hydrogens (tertiary/aromatic N) is 4. The molecular formula is C24H27ClN6O6. The molecule has 37 heavy (non-hydrogen) atoms. The van der Waals surface area contributed by atoms with Crippen molar-refractivity contribution in [1.29, 1.82) is 0 Å². The van der Waals surface area contributed by atoms with Gasteiger partial charge in [-0.05, 0) is 43.5 Å². The number of rotatable bonds is 9. The molecule has 0 saturated carbocycles. The molecule has 2 atom stereocenters. The minimum atomic E-state index is -1.56. The second-order valence-electron chi connectivity index (χ2n) is 8.22. The van der Waals surface area contributed by atoms with E-state index in [-0.39, 0.29) is 31.3 Å². The van der Waals surface area contributed by atoms with Crippen LogP contribution in [0.3, 0.4) is 0 Å². The van der Waals surface area contributed by atoms with Gasteiger partial charge in [0.2, 0.25) is 0 Å². The molecule has 0 spiro atoms. The Morgan fingerprint density at radius 2 is 1.81 bits per heavy atom. The largest absolute Gasteiger partial charge is 0.396 e. The molecule has 0 aliphatic carbocycles. The normalized spacial score (nSPS) is 18.4. The van der Waals surface area contributed by atoms with Crippen LogP contribution >= 0.6 is 11.6 Å². The summed E-state index contributed by atoms with van der Waals surface area (Å²) in [6.07, 6.45) is 2.67. The molecule has 0 amide bonds. The van der Waals surface area contributed by atoms with Crippen LogP contribution in [0.25, 0.3) is 10.9 Å². The Hall–Kier alpha value is -3.71. The predicted molar refractivity (Wildman–Crippen MR) is 140 cm³/mol. The van der Waals surface area contributed by atoms with Gasteiger partial charge in [0.25, 0.3) is 5.69 Å². The van der Waals surface area contributed by atoms with E-state index in [1.165, 1.54) is 12.3 Å². The summed E-state index contributed by atoms with van der Waals surface area (Å²) < 4.78 is 0. The van der Waals surface area contributed by atoms with Crippen molar-refractivity contribution in [2.45, 2.75) is 30.3 Å². The van der Waals surface area contributed by atoms with E-state index in [0.717, 1.165) is 16.5 Å². The zero-order valence-electron chi connectivity index (χ0n) is 19.8. The van der Waals surface area contributed by atoms with Gasteiger partial charge < -0.3 is 15.9 Å². The summed E-state index contributed by atoms with van der Waals surface area (Å²) in [5.74, 6) is -0.168. The molecule has 5 N–H and O–H groups in total. The zero-order valence-corrected chi connectivity index (χ0v) is 20.5. The highest BCUT2D eigenvalue weighted by molar-refractivity contribution is 6.27. The molecular weight excluding hydrogens is 504 g/mol. The van der Waals surface area contributed by atoms with Gasteiger partial charge >= 0.3 is 6.04 Å². The van der Waals surface area contributed by atoms with Crippen LogP contribution in [0.1, 0.15) is 24.0 Å². The summed E-state index contributed by atoms with van der Waals surface area (Å²) in [5, 5.41) is 43.8. The van der Waals surface area contributed by atoms with E-state index in [2.05, 4.69) is 15.3 Å². The van der Waals surface area contributed by atoms with Crippen molar-refractivity contribution < 1.29 is 20.1 Å². The zero-order chi connectivity index (χ0) is 27.0. The summed E-state index contributed by atoms with van der Waals surface area (Å²) in [6, 6.07) is 12.7. The Morgan fingerprint density at radius 3 is 2.49 bits per heavy atom. The van der Waals surface area contributed by atoms with E-state index in [1.807, 2.05) is 24.3 Å². The molecule has 2 unspecified atom stereocenters. The van der Waals surface area contributed by atoms with E-state index in [0.29, 0.717) is 30.5 Å². The smallest absolute Gasteiger partial charge is 0.304 e. The Morgan fingerprint density at radius 1 is 1.08 bits per heavy atom. The molecule has 0 saturated heterocycles. The number of alkyl halides is 1. The number of hydrogen-bond acceptors (Lipinski definition) is 10. The quantitative estimate of drug-likeness (QED) is 0.106. The van der Waals surface area contributed by atoms with Crippen molar-refractivity contribution >= 4 is 39.7 Å².